The van der Waals surface area contributed by atoms with Crippen molar-refractivity contribution >= 4 is 11.7 Å². The van der Waals surface area contributed by atoms with Crippen molar-refractivity contribution in [3.8, 4) is 0 Å². The summed E-state index contributed by atoms with van der Waals surface area (Å²) >= 11 is 0. The standard InChI is InChI=1S/C14H26N2O2/c1-4-15-14(18)12(3)16-9-7-5-6-8-13(16)10-11(2)17/h12-13H,4-10H2,1-3H3,(H,15,18). The first kappa shape index (κ1) is 15.2. The van der Waals surface area contributed by atoms with Gasteiger partial charge in [-0.25, -0.2) is 0 Å². The van der Waals surface area contributed by atoms with Crippen LogP contribution in [0.3, 0.4) is 0 Å². The number of nitrogens with zero attached hydrogens (tertiary/aromatic N) is 1. The second-order valence-electron chi connectivity index (χ2n) is 5.22. The lowest BCUT2D eigenvalue weighted by molar-refractivity contribution is -0.128. The van der Waals surface area contributed by atoms with Crippen molar-refractivity contribution in [2.24, 2.45) is 0 Å². The first-order chi connectivity index (χ1) is 8.56. The van der Waals surface area contributed by atoms with E-state index in [4.69, 9.17) is 0 Å². The third-order valence-corrected chi connectivity index (χ3v) is 3.67. The summed E-state index contributed by atoms with van der Waals surface area (Å²) in [5, 5.41) is 2.87. The van der Waals surface area contributed by atoms with E-state index in [9.17, 15) is 9.59 Å². The molecule has 0 saturated carbocycles. The molecule has 1 fully saturated rings. The highest BCUT2D eigenvalue weighted by Gasteiger charge is 2.29. The van der Waals surface area contributed by atoms with Gasteiger partial charge < -0.3 is 5.32 Å². The van der Waals surface area contributed by atoms with Crippen molar-refractivity contribution in [2.75, 3.05) is 13.1 Å². The van der Waals surface area contributed by atoms with Gasteiger partial charge in [0.1, 0.15) is 5.78 Å². The molecule has 4 heteroatoms. The van der Waals surface area contributed by atoms with Crippen LogP contribution in [0.2, 0.25) is 0 Å². The van der Waals surface area contributed by atoms with E-state index in [1.54, 1.807) is 6.92 Å². The average Bonchev–Trinajstić information content (AvgIpc) is 2.53. The van der Waals surface area contributed by atoms with Gasteiger partial charge in [-0.2, -0.15) is 0 Å². The van der Waals surface area contributed by atoms with Crippen molar-refractivity contribution in [3.63, 3.8) is 0 Å². The SMILES string of the molecule is CCNC(=O)C(C)N1CCCCCC1CC(C)=O. The fourth-order valence-electron chi connectivity index (χ4n) is 2.73. The molecule has 1 heterocycles. The molecule has 0 radical (unpaired) electrons. The Morgan fingerprint density at radius 3 is 2.67 bits per heavy atom. The van der Waals surface area contributed by atoms with Gasteiger partial charge in [-0.1, -0.05) is 12.8 Å². The Labute approximate surface area is 110 Å². The number of ketones is 1. The maximum absolute atomic E-state index is 11.9. The molecule has 1 aliphatic rings. The summed E-state index contributed by atoms with van der Waals surface area (Å²) in [5.41, 5.74) is 0. The minimum absolute atomic E-state index is 0.0768. The Kier molecular flexibility index (Phi) is 6.33. The topological polar surface area (TPSA) is 49.4 Å². The Hall–Kier alpha value is -0.900. The molecule has 1 saturated heterocycles. The zero-order valence-electron chi connectivity index (χ0n) is 11.9. The van der Waals surface area contributed by atoms with Gasteiger partial charge in [0, 0.05) is 19.0 Å². The van der Waals surface area contributed by atoms with Gasteiger partial charge in [0.2, 0.25) is 5.91 Å². The fraction of sp³-hybridized carbons (Fsp3) is 0.857. The van der Waals surface area contributed by atoms with Crippen LogP contribution in [0.4, 0.5) is 0 Å². The lowest BCUT2D eigenvalue weighted by Crippen LogP contribution is -2.50. The van der Waals surface area contributed by atoms with E-state index in [0.717, 1.165) is 25.8 Å². The van der Waals surface area contributed by atoms with Gasteiger partial charge in [0.25, 0.3) is 0 Å². The number of nitrogens with one attached hydrogen (secondary N) is 1. The Bertz CT molecular complexity index is 292. The summed E-state index contributed by atoms with van der Waals surface area (Å²) in [6.45, 7) is 7.11. The van der Waals surface area contributed by atoms with Gasteiger partial charge in [-0.15, -0.1) is 0 Å². The van der Waals surface area contributed by atoms with Crippen molar-refractivity contribution in [1.29, 1.82) is 0 Å². The highest BCUT2D eigenvalue weighted by molar-refractivity contribution is 5.81. The first-order valence-corrected chi connectivity index (χ1v) is 7.09. The highest BCUT2D eigenvalue weighted by Crippen LogP contribution is 2.21. The molecular formula is C14H26N2O2. The number of carbonyl (C=O) groups is 2. The second kappa shape index (κ2) is 7.52. The number of Topliss-reactive ketones (excluding diaryl/α,β-unsaturated/α-hetero) is 1. The molecule has 4 nitrogen and oxygen atoms in total. The van der Waals surface area contributed by atoms with Gasteiger partial charge in [0.05, 0.1) is 6.04 Å². The minimum Gasteiger partial charge on any atom is -0.355 e. The lowest BCUT2D eigenvalue weighted by atomic mass is 10.0. The smallest absolute Gasteiger partial charge is 0.237 e. The van der Waals surface area contributed by atoms with Crippen molar-refractivity contribution < 1.29 is 9.59 Å². The summed E-state index contributed by atoms with van der Waals surface area (Å²) in [7, 11) is 0. The highest BCUT2D eigenvalue weighted by atomic mass is 16.2. The molecule has 18 heavy (non-hydrogen) atoms. The summed E-state index contributed by atoms with van der Waals surface area (Å²) in [5.74, 6) is 0.294. The number of hydrogen-bond acceptors (Lipinski definition) is 3. The molecule has 1 N–H and O–H groups in total. The fourth-order valence-corrected chi connectivity index (χ4v) is 2.73. The zero-order chi connectivity index (χ0) is 13.5. The molecule has 0 spiro atoms. The normalized spacial score (nSPS) is 23.2. The summed E-state index contributed by atoms with van der Waals surface area (Å²) < 4.78 is 0. The monoisotopic (exact) mass is 254 g/mol. The first-order valence-electron chi connectivity index (χ1n) is 7.09. The largest absolute Gasteiger partial charge is 0.355 e. The zero-order valence-corrected chi connectivity index (χ0v) is 11.9. The molecule has 1 aliphatic heterocycles. The molecule has 0 aromatic carbocycles. The molecule has 1 amide bonds. The van der Waals surface area contributed by atoms with E-state index >= 15 is 0 Å². The molecule has 1 rings (SSSR count). The third-order valence-electron chi connectivity index (χ3n) is 3.67. The molecule has 104 valence electrons. The molecule has 2 unspecified atom stereocenters. The van der Waals surface area contributed by atoms with Crippen LogP contribution >= 0.6 is 0 Å². The van der Waals surface area contributed by atoms with Crippen LogP contribution < -0.4 is 5.32 Å². The van der Waals surface area contributed by atoms with Crippen LogP contribution in [0.1, 0.15) is 52.9 Å². The summed E-state index contributed by atoms with van der Waals surface area (Å²) in [6, 6.07) is 0.106. The van der Waals surface area contributed by atoms with Crippen LogP contribution in [0.5, 0.6) is 0 Å². The van der Waals surface area contributed by atoms with Crippen LogP contribution in [0.25, 0.3) is 0 Å². The van der Waals surface area contributed by atoms with E-state index in [0.29, 0.717) is 13.0 Å². The molecule has 2 atom stereocenters. The second-order valence-corrected chi connectivity index (χ2v) is 5.22. The number of rotatable bonds is 5. The van der Waals surface area contributed by atoms with E-state index < -0.39 is 0 Å². The minimum atomic E-state index is -0.132. The van der Waals surface area contributed by atoms with Crippen molar-refractivity contribution in [2.45, 2.75) is 65.0 Å². The number of carbonyl (C=O) groups excluding carboxylic acids is 2. The Morgan fingerprint density at radius 1 is 1.33 bits per heavy atom. The Balaban J connectivity index is 2.71. The lowest BCUT2D eigenvalue weighted by Gasteiger charge is -2.33. The number of likely N-dealkylation sites (tertiary alicyclic amines) is 1. The van der Waals surface area contributed by atoms with Crippen LogP contribution in [0.15, 0.2) is 0 Å². The molecule has 0 bridgehead atoms. The van der Waals surface area contributed by atoms with Gasteiger partial charge in [0.15, 0.2) is 0 Å². The van der Waals surface area contributed by atoms with Gasteiger partial charge >= 0.3 is 0 Å². The molecule has 0 aliphatic carbocycles. The molecule has 0 aromatic heterocycles. The molecule has 0 aromatic rings. The Morgan fingerprint density at radius 2 is 2.06 bits per heavy atom. The van der Waals surface area contributed by atoms with E-state index in [1.807, 2.05) is 13.8 Å². The number of likely N-dealkylation sites (N-methyl/N-ethyl adjacent to an activating group) is 1. The number of amides is 1. The molecular weight excluding hydrogens is 228 g/mol. The third kappa shape index (κ3) is 4.41. The van der Waals surface area contributed by atoms with Gasteiger partial charge in [-0.3, -0.25) is 14.5 Å². The van der Waals surface area contributed by atoms with Crippen molar-refractivity contribution in [1.82, 2.24) is 10.2 Å². The predicted octanol–water partition coefficient (Wildman–Crippen LogP) is 1.73. The van der Waals surface area contributed by atoms with Crippen molar-refractivity contribution in [3.05, 3.63) is 0 Å². The van der Waals surface area contributed by atoms with Gasteiger partial charge in [-0.05, 0) is 40.2 Å². The summed E-state index contributed by atoms with van der Waals surface area (Å²) in [4.78, 5) is 25.5. The average molecular weight is 254 g/mol. The van der Waals surface area contributed by atoms with E-state index in [-0.39, 0.29) is 23.8 Å². The summed E-state index contributed by atoms with van der Waals surface area (Å²) in [6.07, 6.45) is 5.09. The van der Waals surface area contributed by atoms with Crippen LogP contribution in [-0.4, -0.2) is 41.8 Å². The quantitative estimate of drug-likeness (QED) is 0.813. The number of hydrogen-bond donors (Lipinski definition) is 1. The maximum Gasteiger partial charge on any atom is 0.237 e. The van der Waals surface area contributed by atoms with Crippen LogP contribution in [-0.2, 0) is 9.59 Å². The van der Waals surface area contributed by atoms with E-state index in [2.05, 4.69) is 10.2 Å². The van der Waals surface area contributed by atoms with E-state index in [1.165, 1.54) is 6.42 Å². The maximum atomic E-state index is 11.9. The predicted molar refractivity (Wildman–Crippen MR) is 72.4 cm³/mol. The van der Waals surface area contributed by atoms with Crippen LogP contribution in [0, 0.1) is 0 Å².